The molecule has 4 aliphatic rings. The van der Waals surface area contributed by atoms with Crippen LogP contribution in [0.25, 0.3) is 0 Å². The van der Waals surface area contributed by atoms with Crippen molar-refractivity contribution in [2.75, 3.05) is 38.7 Å². The largest absolute Gasteiger partial charge is 0.388 e. The molecule has 5 rings (SSSR count). The van der Waals surface area contributed by atoms with Crippen molar-refractivity contribution < 1.29 is 18.3 Å². The molecule has 0 aromatic heterocycles. The lowest BCUT2D eigenvalue weighted by Gasteiger charge is -2.52. The van der Waals surface area contributed by atoms with Crippen molar-refractivity contribution in [3.05, 3.63) is 35.9 Å². The maximum Gasteiger partial charge on any atom is 0.320 e. The van der Waals surface area contributed by atoms with Crippen LogP contribution in [0.1, 0.15) is 63.4 Å². The zero-order chi connectivity index (χ0) is 24.2. The van der Waals surface area contributed by atoms with E-state index in [1.807, 2.05) is 9.80 Å². The summed E-state index contributed by atoms with van der Waals surface area (Å²) in [6.45, 7) is 1.04. The molecular formula is C26H39N3O4S. The number of β-amino-alcohol motifs (C(OH)–C–C–N with tert-alkyl or cyclic N) is 1. The highest BCUT2D eigenvalue weighted by Gasteiger charge is 2.57. The minimum absolute atomic E-state index is 0.00156. The van der Waals surface area contributed by atoms with Crippen molar-refractivity contribution in [2.24, 2.45) is 0 Å². The molecule has 2 saturated carbocycles. The van der Waals surface area contributed by atoms with E-state index in [4.69, 9.17) is 0 Å². The van der Waals surface area contributed by atoms with Gasteiger partial charge in [-0.25, -0.2) is 13.2 Å². The number of rotatable bonds is 5. The molecule has 188 valence electrons. The van der Waals surface area contributed by atoms with Crippen molar-refractivity contribution >= 4 is 15.9 Å². The van der Waals surface area contributed by atoms with Crippen LogP contribution in [0.5, 0.6) is 0 Å². The Morgan fingerprint density at radius 3 is 2.15 bits per heavy atom. The average Bonchev–Trinajstić information content (AvgIpc) is 3.05. The fraction of sp³-hybridized carbons (Fsp3) is 0.731. The van der Waals surface area contributed by atoms with E-state index in [9.17, 15) is 18.3 Å². The zero-order valence-corrected chi connectivity index (χ0v) is 21.4. The summed E-state index contributed by atoms with van der Waals surface area (Å²) in [5, 5.41) is 11.0. The van der Waals surface area contributed by atoms with Gasteiger partial charge in [-0.15, -0.1) is 0 Å². The van der Waals surface area contributed by atoms with Crippen molar-refractivity contribution in [1.82, 2.24) is 14.7 Å². The van der Waals surface area contributed by atoms with Crippen LogP contribution in [0.4, 0.5) is 4.79 Å². The molecule has 0 atom stereocenters. The van der Waals surface area contributed by atoms with Crippen LogP contribution in [0.2, 0.25) is 0 Å². The minimum Gasteiger partial charge on any atom is -0.388 e. The van der Waals surface area contributed by atoms with Gasteiger partial charge < -0.3 is 14.9 Å². The van der Waals surface area contributed by atoms with Crippen LogP contribution in [0, 0.1) is 0 Å². The van der Waals surface area contributed by atoms with Gasteiger partial charge in [0.2, 0.25) is 0 Å². The lowest BCUT2D eigenvalue weighted by molar-refractivity contribution is -0.0725. The first-order valence-corrected chi connectivity index (χ1v) is 14.6. The Morgan fingerprint density at radius 2 is 1.62 bits per heavy atom. The molecular weight excluding hydrogens is 450 g/mol. The number of nitrogens with zero attached hydrogens (tertiary/aromatic N) is 3. The molecule has 1 spiro atoms. The quantitative estimate of drug-likeness (QED) is 0.688. The van der Waals surface area contributed by atoms with E-state index in [-0.39, 0.29) is 34.7 Å². The predicted octanol–water partition coefficient (Wildman–Crippen LogP) is 2.99. The normalized spacial score (nSPS) is 30.6. The Hall–Kier alpha value is -1.64. The maximum absolute atomic E-state index is 13.8. The molecule has 4 fully saturated rings. The molecule has 0 bridgehead atoms. The second-order valence-electron chi connectivity index (χ2n) is 11.5. The van der Waals surface area contributed by atoms with Gasteiger partial charge in [0.05, 0.1) is 29.2 Å². The second kappa shape index (κ2) is 8.49. The summed E-state index contributed by atoms with van der Waals surface area (Å²) in [6.07, 6.45) is 7.20. The molecule has 7 nitrogen and oxygen atoms in total. The van der Waals surface area contributed by atoms with Crippen molar-refractivity contribution in [2.45, 2.75) is 80.5 Å². The number of sulfone groups is 1. The van der Waals surface area contributed by atoms with E-state index < -0.39 is 15.4 Å². The third-order valence-corrected chi connectivity index (χ3v) is 11.1. The summed E-state index contributed by atoms with van der Waals surface area (Å²) in [5.41, 5.74) is 0.176. The van der Waals surface area contributed by atoms with Crippen LogP contribution in [-0.2, 0) is 15.4 Å². The fourth-order valence-corrected chi connectivity index (χ4v) is 8.34. The second-order valence-corrected chi connectivity index (χ2v) is 13.8. The van der Waals surface area contributed by atoms with Gasteiger partial charge in [-0.05, 0) is 77.4 Å². The summed E-state index contributed by atoms with van der Waals surface area (Å²) in [4.78, 5) is 20.1. The van der Waals surface area contributed by atoms with Gasteiger partial charge in [0.25, 0.3) is 0 Å². The molecule has 0 unspecified atom stereocenters. The number of carbonyl (C=O) groups is 1. The lowest BCUT2D eigenvalue weighted by atomic mass is 9.67. The number of amides is 2. The van der Waals surface area contributed by atoms with Crippen LogP contribution in [0.15, 0.2) is 30.3 Å². The lowest BCUT2D eigenvalue weighted by Crippen LogP contribution is -2.59. The van der Waals surface area contributed by atoms with Crippen molar-refractivity contribution in [3.8, 4) is 0 Å². The summed E-state index contributed by atoms with van der Waals surface area (Å²) in [6, 6.07) is 10.6. The summed E-state index contributed by atoms with van der Waals surface area (Å²) >= 11 is 0. The number of carbonyl (C=O) groups excluding carboxylic acids is 1. The highest BCUT2D eigenvalue weighted by molar-refractivity contribution is 7.91. The number of hydrogen-bond donors (Lipinski definition) is 1. The van der Waals surface area contributed by atoms with Gasteiger partial charge in [-0.2, -0.15) is 0 Å². The number of urea groups is 1. The van der Waals surface area contributed by atoms with E-state index in [0.717, 1.165) is 44.9 Å². The molecule has 8 heteroatoms. The molecule has 2 amide bonds. The molecule has 2 aliphatic carbocycles. The van der Waals surface area contributed by atoms with Gasteiger partial charge in [0, 0.05) is 18.1 Å². The molecule has 0 radical (unpaired) electrons. The summed E-state index contributed by atoms with van der Waals surface area (Å²) in [7, 11) is 1.31. The summed E-state index contributed by atoms with van der Waals surface area (Å²) in [5.74, 6) is 0.326. The van der Waals surface area contributed by atoms with Crippen LogP contribution in [0.3, 0.4) is 0 Å². The Morgan fingerprint density at radius 1 is 1.00 bits per heavy atom. The monoisotopic (exact) mass is 489 g/mol. The third kappa shape index (κ3) is 4.05. The third-order valence-electron chi connectivity index (χ3n) is 9.39. The molecule has 1 aromatic carbocycles. The molecule has 2 aliphatic heterocycles. The Balaban J connectivity index is 1.42. The SMILES string of the molecule is CN(C)[C@]1(c2ccccc2)CC[C@@]2(CC1)CN(C1CCS(=O)(=O)CC1)C(=O)N2CC1(O)CCC1. The van der Waals surface area contributed by atoms with E-state index >= 15 is 0 Å². The predicted molar refractivity (Wildman–Crippen MR) is 132 cm³/mol. The Bertz CT molecular complexity index is 1000. The van der Waals surface area contributed by atoms with E-state index in [1.165, 1.54) is 5.56 Å². The van der Waals surface area contributed by atoms with E-state index in [2.05, 4.69) is 49.3 Å². The van der Waals surface area contributed by atoms with Gasteiger partial charge in [-0.3, -0.25) is 4.90 Å². The number of benzene rings is 1. The first kappa shape index (κ1) is 24.1. The first-order chi connectivity index (χ1) is 16.1. The van der Waals surface area contributed by atoms with Gasteiger partial charge in [0.15, 0.2) is 0 Å². The molecule has 2 heterocycles. The van der Waals surface area contributed by atoms with Gasteiger partial charge in [0.1, 0.15) is 9.84 Å². The fourth-order valence-electron chi connectivity index (χ4n) is 6.87. The van der Waals surface area contributed by atoms with Crippen LogP contribution < -0.4 is 0 Å². The highest BCUT2D eigenvalue weighted by atomic mass is 32.2. The highest BCUT2D eigenvalue weighted by Crippen LogP contribution is 2.50. The van der Waals surface area contributed by atoms with Crippen molar-refractivity contribution in [1.29, 1.82) is 0 Å². The molecule has 1 N–H and O–H groups in total. The maximum atomic E-state index is 13.8. The van der Waals surface area contributed by atoms with Gasteiger partial charge >= 0.3 is 6.03 Å². The Kier molecular flexibility index (Phi) is 6.01. The standard InChI is InChI=1S/C26H39N3O4S/c1-27(2)26(21-7-4-3-5-8-21)15-13-24(14-16-26)19-28(22-9-17-34(32,33)18-10-22)23(30)29(24)20-25(31)11-6-12-25/h3-5,7-8,22,31H,6,9-20H2,1-2H3/t24-,26-. The molecule has 1 aromatic rings. The number of hydrogen-bond acceptors (Lipinski definition) is 5. The molecule has 2 saturated heterocycles. The van der Waals surface area contributed by atoms with E-state index in [0.29, 0.717) is 25.9 Å². The number of aliphatic hydroxyl groups is 1. The zero-order valence-electron chi connectivity index (χ0n) is 20.6. The average molecular weight is 490 g/mol. The van der Waals surface area contributed by atoms with Gasteiger partial charge in [-0.1, -0.05) is 30.3 Å². The topological polar surface area (TPSA) is 81.2 Å². The Labute approximate surface area is 204 Å². The smallest absolute Gasteiger partial charge is 0.320 e. The van der Waals surface area contributed by atoms with E-state index in [1.54, 1.807) is 0 Å². The molecule has 34 heavy (non-hydrogen) atoms. The van der Waals surface area contributed by atoms with Crippen molar-refractivity contribution in [3.63, 3.8) is 0 Å². The summed E-state index contributed by atoms with van der Waals surface area (Å²) < 4.78 is 24.0. The minimum atomic E-state index is -2.99. The first-order valence-electron chi connectivity index (χ1n) is 12.8. The van der Waals surface area contributed by atoms with Crippen LogP contribution in [-0.4, -0.2) is 90.1 Å². The van der Waals surface area contributed by atoms with Crippen LogP contribution >= 0.6 is 0 Å².